The standard InChI is InChI=1S/C16H17Cl2NO/c1-10-7-8-14(20-3)11(9-10)16(19-2)15-12(17)5-4-6-13(15)18/h4-9,16,19H,1-3H3. The quantitative estimate of drug-likeness (QED) is 0.890. The number of hydrogen-bond donors (Lipinski definition) is 1. The maximum atomic E-state index is 6.32. The molecule has 0 aliphatic heterocycles. The number of nitrogens with one attached hydrogen (secondary N) is 1. The molecule has 1 unspecified atom stereocenters. The lowest BCUT2D eigenvalue weighted by atomic mass is 9.96. The first-order valence-corrected chi connectivity index (χ1v) is 7.09. The van der Waals surface area contributed by atoms with Gasteiger partial charge in [0.2, 0.25) is 0 Å². The smallest absolute Gasteiger partial charge is 0.124 e. The molecule has 1 N–H and O–H groups in total. The maximum Gasteiger partial charge on any atom is 0.124 e. The zero-order chi connectivity index (χ0) is 14.7. The Kier molecular flexibility index (Phi) is 4.92. The highest BCUT2D eigenvalue weighted by Crippen LogP contribution is 2.37. The first-order chi connectivity index (χ1) is 9.58. The minimum absolute atomic E-state index is 0.119. The van der Waals surface area contributed by atoms with Crippen LogP contribution in [0.3, 0.4) is 0 Å². The van der Waals surface area contributed by atoms with Crippen molar-refractivity contribution in [1.29, 1.82) is 0 Å². The van der Waals surface area contributed by atoms with Gasteiger partial charge in [0.15, 0.2) is 0 Å². The monoisotopic (exact) mass is 309 g/mol. The van der Waals surface area contributed by atoms with Crippen molar-refractivity contribution in [1.82, 2.24) is 5.32 Å². The van der Waals surface area contributed by atoms with E-state index in [1.54, 1.807) is 7.11 Å². The van der Waals surface area contributed by atoms with Crippen LogP contribution >= 0.6 is 23.2 Å². The van der Waals surface area contributed by atoms with Gasteiger partial charge >= 0.3 is 0 Å². The second kappa shape index (κ2) is 6.49. The lowest BCUT2D eigenvalue weighted by Crippen LogP contribution is -2.19. The molecule has 0 saturated heterocycles. The molecule has 2 aromatic carbocycles. The van der Waals surface area contributed by atoms with E-state index in [0.29, 0.717) is 10.0 Å². The van der Waals surface area contributed by atoms with E-state index < -0.39 is 0 Å². The van der Waals surface area contributed by atoms with E-state index in [4.69, 9.17) is 27.9 Å². The van der Waals surface area contributed by atoms with E-state index in [0.717, 1.165) is 22.4 Å². The molecule has 0 amide bonds. The van der Waals surface area contributed by atoms with Crippen molar-refractivity contribution < 1.29 is 4.74 Å². The van der Waals surface area contributed by atoms with Crippen LogP contribution in [0.5, 0.6) is 5.75 Å². The molecule has 0 radical (unpaired) electrons. The van der Waals surface area contributed by atoms with E-state index >= 15 is 0 Å². The molecule has 0 aromatic heterocycles. The van der Waals surface area contributed by atoms with E-state index in [1.165, 1.54) is 0 Å². The lowest BCUT2D eigenvalue weighted by molar-refractivity contribution is 0.405. The van der Waals surface area contributed by atoms with Crippen LogP contribution in [0.1, 0.15) is 22.7 Å². The van der Waals surface area contributed by atoms with Crippen LogP contribution in [0.25, 0.3) is 0 Å². The molecule has 0 spiro atoms. The van der Waals surface area contributed by atoms with Crippen molar-refractivity contribution in [3.8, 4) is 5.75 Å². The molecule has 2 aromatic rings. The van der Waals surface area contributed by atoms with Crippen LogP contribution in [-0.4, -0.2) is 14.2 Å². The molecule has 0 bridgehead atoms. The predicted molar refractivity (Wildman–Crippen MR) is 85.1 cm³/mol. The predicted octanol–water partition coefficient (Wildman–Crippen LogP) is 4.62. The van der Waals surface area contributed by atoms with Crippen molar-refractivity contribution in [2.75, 3.05) is 14.2 Å². The topological polar surface area (TPSA) is 21.3 Å². The van der Waals surface area contributed by atoms with Gasteiger partial charge in [-0.15, -0.1) is 0 Å². The molecular formula is C16H17Cl2NO. The number of methoxy groups -OCH3 is 1. The molecule has 4 heteroatoms. The van der Waals surface area contributed by atoms with Crippen molar-refractivity contribution >= 4 is 23.2 Å². The Bertz CT molecular complexity index is 593. The highest BCUT2D eigenvalue weighted by molar-refractivity contribution is 6.36. The van der Waals surface area contributed by atoms with Crippen molar-refractivity contribution in [3.05, 3.63) is 63.1 Å². The summed E-state index contributed by atoms with van der Waals surface area (Å²) in [4.78, 5) is 0. The van der Waals surface area contributed by atoms with E-state index in [2.05, 4.69) is 11.4 Å². The Balaban J connectivity index is 2.61. The average Bonchev–Trinajstić information content (AvgIpc) is 2.43. The van der Waals surface area contributed by atoms with Crippen LogP contribution in [0.2, 0.25) is 10.0 Å². The Morgan fingerprint density at radius 1 is 1.10 bits per heavy atom. The summed E-state index contributed by atoms with van der Waals surface area (Å²) in [6.07, 6.45) is 0. The number of aryl methyl sites for hydroxylation is 1. The third-order valence-electron chi connectivity index (χ3n) is 3.27. The van der Waals surface area contributed by atoms with Gasteiger partial charge in [-0.3, -0.25) is 0 Å². The Morgan fingerprint density at radius 3 is 2.30 bits per heavy atom. The summed E-state index contributed by atoms with van der Waals surface area (Å²) in [6.45, 7) is 2.05. The molecule has 0 aliphatic carbocycles. The summed E-state index contributed by atoms with van der Waals surface area (Å²) in [5.74, 6) is 0.811. The number of ether oxygens (including phenoxy) is 1. The zero-order valence-electron chi connectivity index (χ0n) is 11.7. The zero-order valence-corrected chi connectivity index (χ0v) is 13.2. The fraction of sp³-hybridized carbons (Fsp3) is 0.250. The van der Waals surface area contributed by atoms with Crippen LogP contribution in [0.15, 0.2) is 36.4 Å². The molecule has 0 fully saturated rings. The summed E-state index contributed by atoms with van der Waals surface area (Å²) >= 11 is 12.6. The molecule has 1 atom stereocenters. The molecule has 2 rings (SSSR count). The van der Waals surface area contributed by atoms with Crippen molar-refractivity contribution in [2.24, 2.45) is 0 Å². The fourth-order valence-electron chi connectivity index (χ4n) is 2.32. The van der Waals surface area contributed by atoms with Gasteiger partial charge < -0.3 is 10.1 Å². The maximum absolute atomic E-state index is 6.32. The van der Waals surface area contributed by atoms with E-state index in [1.807, 2.05) is 44.3 Å². The van der Waals surface area contributed by atoms with Gasteiger partial charge in [-0.2, -0.15) is 0 Å². The second-order valence-electron chi connectivity index (χ2n) is 4.60. The number of rotatable bonds is 4. The van der Waals surface area contributed by atoms with Gasteiger partial charge in [0, 0.05) is 21.2 Å². The second-order valence-corrected chi connectivity index (χ2v) is 5.42. The Labute approximate surface area is 129 Å². The molecule has 0 saturated carbocycles. The summed E-state index contributed by atoms with van der Waals surface area (Å²) < 4.78 is 5.46. The lowest BCUT2D eigenvalue weighted by Gasteiger charge is -2.22. The largest absolute Gasteiger partial charge is 0.496 e. The summed E-state index contributed by atoms with van der Waals surface area (Å²) in [5, 5.41) is 4.55. The third-order valence-corrected chi connectivity index (χ3v) is 3.93. The fourth-order valence-corrected chi connectivity index (χ4v) is 2.94. The van der Waals surface area contributed by atoms with Crippen molar-refractivity contribution in [3.63, 3.8) is 0 Å². The first kappa shape index (κ1) is 15.2. The van der Waals surface area contributed by atoms with Crippen molar-refractivity contribution in [2.45, 2.75) is 13.0 Å². The Hall–Kier alpha value is -1.22. The average molecular weight is 310 g/mol. The molecule has 0 aliphatic rings. The summed E-state index contributed by atoms with van der Waals surface area (Å²) in [6, 6.07) is 11.5. The molecule has 0 heterocycles. The van der Waals surface area contributed by atoms with Crippen LogP contribution in [0.4, 0.5) is 0 Å². The van der Waals surface area contributed by atoms with Gasteiger partial charge in [0.1, 0.15) is 5.75 Å². The van der Waals surface area contributed by atoms with Gasteiger partial charge in [0.25, 0.3) is 0 Å². The normalized spacial score (nSPS) is 12.2. The van der Waals surface area contributed by atoms with Crippen LogP contribution in [-0.2, 0) is 0 Å². The van der Waals surface area contributed by atoms with Gasteiger partial charge in [-0.05, 0) is 32.2 Å². The summed E-state index contributed by atoms with van der Waals surface area (Å²) in [7, 11) is 3.54. The van der Waals surface area contributed by atoms with Crippen LogP contribution in [0, 0.1) is 6.92 Å². The molecule has 106 valence electrons. The number of benzene rings is 2. The Morgan fingerprint density at radius 2 is 1.75 bits per heavy atom. The van der Waals surface area contributed by atoms with Crippen LogP contribution < -0.4 is 10.1 Å². The van der Waals surface area contributed by atoms with Gasteiger partial charge in [-0.25, -0.2) is 0 Å². The first-order valence-electron chi connectivity index (χ1n) is 6.34. The SMILES string of the molecule is CNC(c1cc(C)ccc1OC)c1c(Cl)cccc1Cl. The van der Waals surface area contributed by atoms with E-state index in [9.17, 15) is 0 Å². The molecule has 2 nitrogen and oxygen atoms in total. The van der Waals surface area contributed by atoms with Gasteiger partial charge in [-0.1, -0.05) is 47.0 Å². The third kappa shape index (κ3) is 2.93. The minimum Gasteiger partial charge on any atom is -0.496 e. The summed E-state index contributed by atoms with van der Waals surface area (Å²) in [5.41, 5.74) is 3.04. The van der Waals surface area contributed by atoms with Gasteiger partial charge in [0.05, 0.1) is 13.2 Å². The highest BCUT2D eigenvalue weighted by Gasteiger charge is 2.21. The molecule has 20 heavy (non-hydrogen) atoms. The molecular weight excluding hydrogens is 293 g/mol. The minimum atomic E-state index is -0.119. The highest BCUT2D eigenvalue weighted by atomic mass is 35.5. The number of hydrogen-bond acceptors (Lipinski definition) is 2. The number of halogens is 2. The van der Waals surface area contributed by atoms with E-state index in [-0.39, 0.29) is 6.04 Å².